The van der Waals surface area contributed by atoms with Crippen molar-refractivity contribution in [2.24, 2.45) is 0 Å². The summed E-state index contributed by atoms with van der Waals surface area (Å²) in [5, 5.41) is 2.53. The SMILES string of the molecule is Cc1c2c(cc[n+]1Cc1ccccc1)c1ccc(OCc3ccccc3)cc1n2Cc1ccccc1.[Br-]. The second-order valence-corrected chi connectivity index (χ2v) is 9.30. The predicted octanol–water partition coefficient (Wildman–Crippen LogP) is 4.07. The summed E-state index contributed by atoms with van der Waals surface area (Å²) in [6.07, 6.45) is 2.22. The Morgan fingerprint density at radius 1 is 0.676 bits per heavy atom. The highest BCUT2D eigenvalue weighted by Gasteiger charge is 2.20. The molecule has 37 heavy (non-hydrogen) atoms. The molecule has 0 aliphatic heterocycles. The molecule has 4 heteroatoms. The van der Waals surface area contributed by atoms with Crippen molar-refractivity contribution in [3.05, 3.63) is 144 Å². The van der Waals surface area contributed by atoms with E-state index < -0.39 is 0 Å². The second-order valence-electron chi connectivity index (χ2n) is 9.30. The van der Waals surface area contributed by atoms with Gasteiger partial charge in [0, 0.05) is 41.9 Å². The van der Waals surface area contributed by atoms with Gasteiger partial charge in [0.2, 0.25) is 5.69 Å². The number of pyridine rings is 1. The number of hydrogen-bond acceptors (Lipinski definition) is 1. The summed E-state index contributed by atoms with van der Waals surface area (Å²) in [5.41, 5.74) is 7.47. The highest BCUT2D eigenvalue weighted by Crippen LogP contribution is 2.33. The average molecular weight is 550 g/mol. The summed E-state index contributed by atoms with van der Waals surface area (Å²) in [6, 6.07) is 40.4. The molecule has 0 saturated carbocycles. The molecular formula is C33H29BrN2O. The summed E-state index contributed by atoms with van der Waals surface area (Å²) >= 11 is 0. The van der Waals surface area contributed by atoms with Crippen LogP contribution in [-0.4, -0.2) is 4.57 Å². The minimum atomic E-state index is 0. The highest BCUT2D eigenvalue weighted by atomic mass is 79.9. The summed E-state index contributed by atoms with van der Waals surface area (Å²) < 4.78 is 11.0. The van der Waals surface area contributed by atoms with Crippen LogP contribution in [-0.2, 0) is 19.7 Å². The van der Waals surface area contributed by atoms with Gasteiger partial charge in [-0.2, -0.15) is 4.57 Å². The van der Waals surface area contributed by atoms with E-state index in [2.05, 4.69) is 119 Å². The molecule has 2 aromatic heterocycles. The molecule has 0 spiro atoms. The lowest BCUT2D eigenvalue weighted by atomic mass is 10.1. The molecule has 0 saturated heterocycles. The Morgan fingerprint density at radius 2 is 1.30 bits per heavy atom. The fourth-order valence-corrected chi connectivity index (χ4v) is 5.04. The van der Waals surface area contributed by atoms with Crippen LogP contribution in [0.4, 0.5) is 0 Å². The van der Waals surface area contributed by atoms with E-state index in [1.165, 1.54) is 44.2 Å². The molecule has 6 rings (SSSR count). The number of hydrogen-bond donors (Lipinski definition) is 0. The van der Waals surface area contributed by atoms with Gasteiger partial charge in [0.15, 0.2) is 12.7 Å². The number of nitrogens with zero attached hydrogens (tertiary/aromatic N) is 2. The predicted molar refractivity (Wildman–Crippen MR) is 146 cm³/mol. The van der Waals surface area contributed by atoms with E-state index in [-0.39, 0.29) is 17.0 Å². The van der Waals surface area contributed by atoms with E-state index in [1.54, 1.807) is 0 Å². The molecule has 0 radical (unpaired) electrons. The molecule has 0 aliphatic rings. The summed E-state index contributed by atoms with van der Waals surface area (Å²) in [7, 11) is 0. The maximum atomic E-state index is 6.22. The zero-order valence-electron chi connectivity index (χ0n) is 20.8. The van der Waals surface area contributed by atoms with Crippen molar-refractivity contribution in [3.63, 3.8) is 0 Å². The fraction of sp³-hybridized carbons (Fsp3) is 0.121. The summed E-state index contributed by atoms with van der Waals surface area (Å²) in [5.74, 6) is 0.887. The van der Waals surface area contributed by atoms with E-state index in [9.17, 15) is 0 Å². The van der Waals surface area contributed by atoms with E-state index >= 15 is 0 Å². The highest BCUT2D eigenvalue weighted by molar-refractivity contribution is 6.08. The number of aromatic nitrogens is 2. The largest absolute Gasteiger partial charge is 1.00 e. The number of fused-ring (bicyclic) bond motifs is 3. The zero-order valence-corrected chi connectivity index (χ0v) is 22.4. The van der Waals surface area contributed by atoms with Crippen LogP contribution in [0.5, 0.6) is 5.75 Å². The molecule has 4 aromatic carbocycles. The standard InChI is InChI=1S/C33H29N2O.BrH/c1-25-33-31(19-20-34(25)22-26-11-5-2-6-12-26)30-18-17-29(36-24-28-15-9-4-10-16-28)21-32(30)35(33)23-27-13-7-3-8-14-27;/h2-21H,22-24H2,1H3;1H/q+1;/p-1. The Balaban J connectivity index is 0.00000280. The first kappa shape index (κ1) is 24.8. The Bertz CT molecular complexity index is 1630. The maximum absolute atomic E-state index is 6.22. The van der Waals surface area contributed by atoms with Crippen molar-refractivity contribution in [1.29, 1.82) is 0 Å². The van der Waals surface area contributed by atoms with Gasteiger partial charge < -0.3 is 26.3 Å². The van der Waals surface area contributed by atoms with E-state index in [1.807, 2.05) is 18.2 Å². The molecule has 184 valence electrons. The number of rotatable bonds is 7. The van der Waals surface area contributed by atoms with Crippen LogP contribution in [0.2, 0.25) is 0 Å². The molecular weight excluding hydrogens is 520 g/mol. The lowest BCUT2D eigenvalue weighted by Crippen LogP contribution is -3.00. The van der Waals surface area contributed by atoms with Gasteiger partial charge in [-0.15, -0.1) is 0 Å². The van der Waals surface area contributed by atoms with Gasteiger partial charge in [-0.3, -0.25) is 0 Å². The monoisotopic (exact) mass is 548 g/mol. The minimum absolute atomic E-state index is 0. The van der Waals surface area contributed by atoms with Gasteiger partial charge in [-0.05, 0) is 23.3 Å². The van der Waals surface area contributed by atoms with E-state index in [0.717, 1.165) is 18.8 Å². The molecule has 3 nitrogen and oxygen atoms in total. The van der Waals surface area contributed by atoms with Crippen LogP contribution in [0.3, 0.4) is 0 Å². The number of benzene rings is 4. The topological polar surface area (TPSA) is 18.0 Å². The van der Waals surface area contributed by atoms with Gasteiger partial charge >= 0.3 is 0 Å². The third kappa shape index (κ3) is 5.16. The van der Waals surface area contributed by atoms with Crippen molar-refractivity contribution in [2.75, 3.05) is 0 Å². The quantitative estimate of drug-likeness (QED) is 0.275. The van der Waals surface area contributed by atoms with E-state index in [0.29, 0.717) is 6.61 Å². The molecule has 0 aliphatic carbocycles. The van der Waals surface area contributed by atoms with Crippen LogP contribution >= 0.6 is 0 Å². The lowest BCUT2D eigenvalue weighted by Gasteiger charge is -2.11. The first-order valence-electron chi connectivity index (χ1n) is 12.5. The third-order valence-electron chi connectivity index (χ3n) is 6.90. The van der Waals surface area contributed by atoms with Crippen LogP contribution in [0.25, 0.3) is 21.8 Å². The molecule has 6 aromatic rings. The Kier molecular flexibility index (Phi) is 7.38. The number of aryl methyl sites for hydroxylation is 1. The fourth-order valence-electron chi connectivity index (χ4n) is 5.04. The average Bonchev–Trinajstić information content (AvgIpc) is 3.24. The molecule has 0 atom stereocenters. The van der Waals surface area contributed by atoms with Gasteiger partial charge in [0.1, 0.15) is 17.9 Å². The van der Waals surface area contributed by atoms with Crippen LogP contribution < -0.4 is 26.3 Å². The first-order valence-corrected chi connectivity index (χ1v) is 12.5. The van der Waals surface area contributed by atoms with Crippen LogP contribution in [0.15, 0.2) is 121 Å². The molecule has 0 fully saturated rings. The Labute approximate surface area is 228 Å². The summed E-state index contributed by atoms with van der Waals surface area (Å²) in [4.78, 5) is 0. The Hall–Kier alpha value is -3.89. The normalized spacial score (nSPS) is 10.9. The van der Waals surface area contributed by atoms with Gasteiger partial charge in [-0.25, -0.2) is 0 Å². The smallest absolute Gasteiger partial charge is 0.203 e. The van der Waals surface area contributed by atoms with Crippen molar-refractivity contribution in [3.8, 4) is 5.75 Å². The number of halogens is 1. The van der Waals surface area contributed by atoms with Crippen molar-refractivity contribution in [1.82, 2.24) is 4.57 Å². The van der Waals surface area contributed by atoms with Crippen molar-refractivity contribution >= 4 is 21.8 Å². The second kappa shape index (κ2) is 11.0. The molecule has 0 amide bonds. The lowest BCUT2D eigenvalue weighted by molar-refractivity contribution is -0.693. The molecule has 2 heterocycles. The van der Waals surface area contributed by atoms with Gasteiger partial charge in [0.05, 0.1) is 5.52 Å². The Morgan fingerprint density at radius 3 is 1.97 bits per heavy atom. The minimum Gasteiger partial charge on any atom is -1.00 e. The van der Waals surface area contributed by atoms with Crippen molar-refractivity contribution in [2.45, 2.75) is 26.6 Å². The van der Waals surface area contributed by atoms with Crippen LogP contribution in [0, 0.1) is 6.92 Å². The molecule has 0 unspecified atom stereocenters. The summed E-state index contributed by atoms with van der Waals surface area (Å²) in [6.45, 7) is 4.44. The van der Waals surface area contributed by atoms with E-state index in [4.69, 9.17) is 4.74 Å². The van der Waals surface area contributed by atoms with Crippen LogP contribution in [0.1, 0.15) is 22.4 Å². The maximum Gasteiger partial charge on any atom is 0.203 e. The number of ether oxygens (including phenoxy) is 1. The first-order chi connectivity index (χ1) is 17.8. The zero-order chi connectivity index (χ0) is 24.3. The van der Waals surface area contributed by atoms with Gasteiger partial charge in [0.25, 0.3) is 0 Å². The third-order valence-corrected chi connectivity index (χ3v) is 6.90. The molecule has 0 N–H and O–H groups in total. The van der Waals surface area contributed by atoms with Gasteiger partial charge in [-0.1, -0.05) is 91.0 Å². The molecule has 0 bridgehead atoms. The van der Waals surface area contributed by atoms with Crippen molar-refractivity contribution < 1.29 is 26.3 Å².